The van der Waals surface area contributed by atoms with E-state index in [0.29, 0.717) is 28.2 Å². The third kappa shape index (κ3) is 2.63. The number of oxazole rings is 1. The Morgan fingerprint density at radius 1 is 1.43 bits per heavy atom. The lowest BCUT2D eigenvalue weighted by Crippen LogP contribution is -2.23. The van der Waals surface area contributed by atoms with Crippen LogP contribution in [0.2, 0.25) is 0 Å². The van der Waals surface area contributed by atoms with Gasteiger partial charge in [-0.2, -0.15) is 0 Å². The molecule has 2 aromatic heterocycles. The molecular formula is C13H14N4O3S. The van der Waals surface area contributed by atoms with Gasteiger partial charge in [-0.15, -0.1) is 0 Å². The van der Waals surface area contributed by atoms with Crippen molar-refractivity contribution in [1.29, 1.82) is 0 Å². The first-order valence-corrected chi connectivity index (χ1v) is 7.71. The van der Waals surface area contributed by atoms with Crippen LogP contribution in [0.25, 0.3) is 10.9 Å². The number of nitrogens with zero attached hydrogens (tertiary/aromatic N) is 1. The van der Waals surface area contributed by atoms with Crippen LogP contribution in [0.3, 0.4) is 0 Å². The monoisotopic (exact) mass is 306 g/mol. The minimum absolute atomic E-state index is 0.00877. The van der Waals surface area contributed by atoms with Crippen molar-refractivity contribution >= 4 is 26.6 Å². The minimum atomic E-state index is -3.69. The summed E-state index contributed by atoms with van der Waals surface area (Å²) in [4.78, 5) is 7.01. The van der Waals surface area contributed by atoms with Crippen molar-refractivity contribution in [3.63, 3.8) is 0 Å². The largest absolute Gasteiger partial charge is 0.445 e. The number of nitrogen functional groups attached to an aromatic ring is 1. The van der Waals surface area contributed by atoms with Crippen LogP contribution in [0.15, 0.2) is 39.9 Å². The fourth-order valence-corrected chi connectivity index (χ4v) is 3.19. The lowest BCUT2D eigenvalue weighted by molar-refractivity contribution is 0.463. The SMILES string of the molecule is Cc1cnc(CNS(=O)(=O)c2c[nH]c3ccc(N)cc23)o1. The number of H-pyrrole nitrogens is 1. The topological polar surface area (TPSA) is 114 Å². The van der Waals surface area contributed by atoms with Gasteiger partial charge >= 0.3 is 0 Å². The summed E-state index contributed by atoms with van der Waals surface area (Å²) in [7, 11) is -3.69. The molecule has 0 aliphatic carbocycles. The zero-order valence-corrected chi connectivity index (χ0v) is 12.1. The highest BCUT2D eigenvalue weighted by Crippen LogP contribution is 2.24. The van der Waals surface area contributed by atoms with Crippen LogP contribution in [0.5, 0.6) is 0 Å². The van der Waals surface area contributed by atoms with E-state index in [4.69, 9.17) is 10.2 Å². The number of aromatic nitrogens is 2. The fourth-order valence-electron chi connectivity index (χ4n) is 2.05. The van der Waals surface area contributed by atoms with Gasteiger partial charge in [0.2, 0.25) is 15.9 Å². The molecule has 4 N–H and O–H groups in total. The molecule has 7 nitrogen and oxygen atoms in total. The van der Waals surface area contributed by atoms with Crippen molar-refractivity contribution in [3.8, 4) is 0 Å². The first kappa shape index (κ1) is 13.7. The zero-order valence-electron chi connectivity index (χ0n) is 11.3. The summed E-state index contributed by atoms with van der Waals surface area (Å²) in [5.74, 6) is 0.944. The molecule has 21 heavy (non-hydrogen) atoms. The summed E-state index contributed by atoms with van der Waals surface area (Å²) in [5, 5.41) is 0.547. The highest BCUT2D eigenvalue weighted by molar-refractivity contribution is 7.89. The van der Waals surface area contributed by atoms with Crippen molar-refractivity contribution in [2.45, 2.75) is 18.4 Å². The van der Waals surface area contributed by atoms with Gasteiger partial charge in [-0.1, -0.05) is 0 Å². The Morgan fingerprint density at radius 3 is 2.95 bits per heavy atom. The van der Waals surface area contributed by atoms with E-state index in [9.17, 15) is 8.42 Å². The molecule has 0 saturated heterocycles. The second-order valence-corrected chi connectivity index (χ2v) is 6.38. The van der Waals surface area contributed by atoms with Crippen molar-refractivity contribution in [3.05, 3.63) is 42.2 Å². The molecule has 0 atom stereocenters. The van der Waals surface area contributed by atoms with Gasteiger partial charge in [-0.3, -0.25) is 0 Å². The Bertz CT molecular complexity index is 895. The second kappa shape index (κ2) is 4.90. The van der Waals surface area contributed by atoms with Crippen LogP contribution < -0.4 is 10.5 Å². The molecule has 110 valence electrons. The van der Waals surface area contributed by atoms with Crippen LogP contribution >= 0.6 is 0 Å². The molecule has 0 spiro atoms. The van der Waals surface area contributed by atoms with E-state index in [0.717, 1.165) is 0 Å². The molecule has 0 aliphatic heterocycles. The summed E-state index contributed by atoms with van der Waals surface area (Å²) in [6.07, 6.45) is 2.98. The van der Waals surface area contributed by atoms with Crippen molar-refractivity contribution in [2.24, 2.45) is 0 Å². The maximum Gasteiger partial charge on any atom is 0.243 e. The Kier molecular flexibility index (Phi) is 3.19. The number of hydrogen-bond donors (Lipinski definition) is 3. The number of fused-ring (bicyclic) bond motifs is 1. The summed E-state index contributed by atoms with van der Waals surface area (Å²) in [6, 6.07) is 5.06. The maximum atomic E-state index is 12.4. The summed E-state index contributed by atoms with van der Waals surface area (Å²) in [6.45, 7) is 1.73. The number of sulfonamides is 1. The average Bonchev–Trinajstić information content (AvgIpc) is 3.02. The molecule has 0 aliphatic rings. The van der Waals surface area contributed by atoms with E-state index in [2.05, 4.69) is 14.7 Å². The standard InChI is InChI=1S/C13H14N4O3S/c1-8-5-16-13(20-8)7-17-21(18,19)12-6-15-11-3-2-9(14)4-10(11)12/h2-6,15,17H,7,14H2,1H3. The predicted molar refractivity (Wildman–Crippen MR) is 78.0 cm³/mol. The second-order valence-electron chi connectivity index (χ2n) is 4.65. The van der Waals surface area contributed by atoms with Crippen molar-refractivity contribution < 1.29 is 12.8 Å². The zero-order chi connectivity index (χ0) is 15.0. The Hall–Kier alpha value is -2.32. The fraction of sp³-hybridized carbons (Fsp3) is 0.154. The van der Waals surface area contributed by atoms with Gasteiger partial charge in [0.15, 0.2) is 0 Å². The summed E-state index contributed by atoms with van der Waals surface area (Å²) in [5.41, 5.74) is 6.92. The third-order valence-electron chi connectivity index (χ3n) is 3.04. The molecule has 0 amide bonds. The number of hydrogen-bond acceptors (Lipinski definition) is 5. The normalized spacial score (nSPS) is 12.0. The molecule has 0 unspecified atom stereocenters. The van der Waals surface area contributed by atoms with Crippen molar-refractivity contribution in [2.75, 3.05) is 5.73 Å². The molecule has 8 heteroatoms. The number of rotatable bonds is 4. The Labute approximate surface area is 121 Å². The van der Waals surface area contributed by atoms with Gasteiger partial charge in [-0.25, -0.2) is 18.1 Å². The van der Waals surface area contributed by atoms with Crippen molar-refractivity contribution in [1.82, 2.24) is 14.7 Å². The van der Waals surface area contributed by atoms with Gasteiger partial charge in [0.25, 0.3) is 0 Å². The summed E-state index contributed by atoms with van der Waals surface area (Å²) >= 11 is 0. The Balaban J connectivity index is 1.91. The van der Waals surface area contributed by atoms with Crippen LogP contribution in [0, 0.1) is 6.92 Å². The molecule has 2 heterocycles. The van der Waals surface area contributed by atoms with E-state index in [1.165, 1.54) is 12.4 Å². The van der Waals surface area contributed by atoms with E-state index < -0.39 is 10.0 Å². The minimum Gasteiger partial charge on any atom is -0.445 e. The highest BCUT2D eigenvalue weighted by atomic mass is 32.2. The molecule has 0 bridgehead atoms. The lowest BCUT2D eigenvalue weighted by atomic mass is 10.2. The van der Waals surface area contributed by atoms with E-state index in [-0.39, 0.29) is 11.4 Å². The third-order valence-corrected chi connectivity index (χ3v) is 4.48. The van der Waals surface area contributed by atoms with E-state index in [1.807, 2.05) is 0 Å². The van der Waals surface area contributed by atoms with Gasteiger partial charge in [0, 0.05) is 22.8 Å². The number of nitrogens with two attached hydrogens (primary N) is 1. The van der Waals surface area contributed by atoms with Gasteiger partial charge in [-0.05, 0) is 25.1 Å². The summed E-state index contributed by atoms with van der Waals surface area (Å²) < 4.78 is 32.4. The molecular weight excluding hydrogens is 292 g/mol. The number of benzene rings is 1. The van der Waals surface area contributed by atoms with Crippen LogP contribution in [0.4, 0.5) is 5.69 Å². The van der Waals surface area contributed by atoms with Gasteiger partial charge < -0.3 is 15.1 Å². The highest BCUT2D eigenvalue weighted by Gasteiger charge is 2.19. The van der Waals surface area contributed by atoms with Crippen LogP contribution in [-0.4, -0.2) is 18.4 Å². The van der Waals surface area contributed by atoms with Gasteiger partial charge in [0.05, 0.1) is 12.7 Å². The average molecular weight is 306 g/mol. The molecule has 0 radical (unpaired) electrons. The molecule has 0 fully saturated rings. The Morgan fingerprint density at radius 2 is 2.24 bits per heavy atom. The van der Waals surface area contributed by atoms with Crippen LogP contribution in [-0.2, 0) is 16.6 Å². The number of aromatic amines is 1. The predicted octanol–water partition coefficient (Wildman–Crippen LogP) is 1.53. The molecule has 3 aromatic rings. The van der Waals surface area contributed by atoms with Crippen LogP contribution in [0.1, 0.15) is 11.7 Å². The number of aryl methyl sites for hydroxylation is 1. The first-order chi connectivity index (χ1) is 9.95. The maximum absolute atomic E-state index is 12.4. The smallest absolute Gasteiger partial charge is 0.243 e. The van der Waals surface area contributed by atoms with E-state index >= 15 is 0 Å². The lowest BCUT2D eigenvalue weighted by Gasteiger charge is -2.04. The molecule has 0 saturated carbocycles. The molecule has 1 aromatic carbocycles. The van der Waals surface area contributed by atoms with E-state index in [1.54, 1.807) is 25.1 Å². The van der Waals surface area contributed by atoms with Gasteiger partial charge in [0.1, 0.15) is 10.7 Å². The molecule has 3 rings (SSSR count). The number of nitrogens with one attached hydrogen (secondary N) is 2. The quantitative estimate of drug-likeness (QED) is 0.632. The number of anilines is 1. The first-order valence-electron chi connectivity index (χ1n) is 6.23.